The normalized spacial score (nSPS) is 22.9. The van der Waals surface area contributed by atoms with Crippen LogP contribution in [0.3, 0.4) is 0 Å². The highest BCUT2D eigenvalue weighted by Gasteiger charge is 2.16. The lowest BCUT2D eigenvalue weighted by atomic mass is 10.3. The van der Waals surface area contributed by atoms with Crippen molar-refractivity contribution >= 4 is 11.3 Å². The van der Waals surface area contributed by atoms with Crippen LogP contribution in [0, 0.1) is 6.92 Å². The molecule has 1 aromatic heterocycles. The standard InChI is InChI=1S/C9H13NOS/c1-7-4-9(12-6-7)11-8-2-3-10-5-8/h4,6,8,10H,2-3,5H2,1H3. The molecule has 1 unspecified atom stereocenters. The van der Waals surface area contributed by atoms with Crippen molar-refractivity contribution < 1.29 is 4.74 Å². The van der Waals surface area contributed by atoms with Gasteiger partial charge >= 0.3 is 0 Å². The quantitative estimate of drug-likeness (QED) is 0.755. The van der Waals surface area contributed by atoms with Gasteiger partial charge in [-0.25, -0.2) is 0 Å². The predicted octanol–water partition coefficient (Wildman–Crippen LogP) is 1.80. The van der Waals surface area contributed by atoms with Crippen LogP contribution in [0.1, 0.15) is 12.0 Å². The molecule has 1 aliphatic heterocycles. The minimum atomic E-state index is 0.392. The number of hydrogen-bond acceptors (Lipinski definition) is 3. The van der Waals surface area contributed by atoms with Crippen molar-refractivity contribution in [1.29, 1.82) is 0 Å². The van der Waals surface area contributed by atoms with Gasteiger partial charge in [0.25, 0.3) is 0 Å². The van der Waals surface area contributed by atoms with Crippen molar-refractivity contribution in [3.05, 3.63) is 17.0 Å². The third kappa shape index (κ3) is 1.79. The van der Waals surface area contributed by atoms with E-state index in [4.69, 9.17) is 4.74 Å². The molecular formula is C9H13NOS. The fourth-order valence-corrected chi connectivity index (χ4v) is 2.18. The van der Waals surface area contributed by atoms with Crippen LogP contribution in [-0.2, 0) is 0 Å². The first-order valence-corrected chi connectivity index (χ1v) is 5.15. The maximum absolute atomic E-state index is 5.75. The van der Waals surface area contributed by atoms with E-state index in [1.54, 1.807) is 11.3 Å². The molecule has 0 spiro atoms. The van der Waals surface area contributed by atoms with E-state index >= 15 is 0 Å². The molecule has 0 radical (unpaired) electrons. The summed E-state index contributed by atoms with van der Waals surface area (Å²) in [6, 6.07) is 2.10. The third-order valence-corrected chi connectivity index (χ3v) is 2.94. The van der Waals surface area contributed by atoms with Gasteiger partial charge in [-0.15, -0.1) is 11.3 Å². The molecule has 2 heterocycles. The number of thiophene rings is 1. The van der Waals surface area contributed by atoms with Gasteiger partial charge in [-0.1, -0.05) is 0 Å². The van der Waals surface area contributed by atoms with Crippen molar-refractivity contribution in [2.45, 2.75) is 19.4 Å². The fourth-order valence-electron chi connectivity index (χ4n) is 1.36. The molecule has 1 N–H and O–H groups in total. The predicted molar refractivity (Wildman–Crippen MR) is 51.0 cm³/mol. The number of ether oxygens (including phenoxy) is 1. The largest absolute Gasteiger partial charge is 0.479 e. The summed E-state index contributed by atoms with van der Waals surface area (Å²) < 4.78 is 5.75. The van der Waals surface area contributed by atoms with Gasteiger partial charge in [-0.2, -0.15) is 0 Å². The lowest BCUT2D eigenvalue weighted by Gasteiger charge is -2.09. The van der Waals surface area contributed by atoms with Crippen LogP contribution in [0.15, 0.2) is 11.4 Å². The number of rotatable bonds is 2. The van der Waals surface area contributed by atoms with E-state index in [-0.39, 0.29) is 0 Å². The molecule has 66 valence electrons. The molecule has 2 nitrogen and oxygen atoms in total. The SMILES string of the molecule is Cc1csc(OC2CCNC2)c1. The molecule has 0 saturated carbocycles. The molecule has 0 bridgehead atoms. The van der Waals surface area contributed by atoms with E-state index in [0.717, 1.165) is 24.6 Å². The second-order valence-electron chi connectivity index (χ2n) is 3.18. The van der Waals surface area contributed by atoms with Crippen LogP contribution in [0.25, 0.3) is 0 Å². The van der Waals surface area contributed by atoms with Gasteiger partial charge in [0, 0.05) is 6.54 Å². The van der Waals surface area contributed by atoms with Crippen LogP contribution in [0.4, 0.5) is 0 Å². The summed E-state index contributed by atoms with van der Waals surface area (Å²) in [5.74, 6) is 0. The summed E-state index contributed by atoms with van der Waals surface area (Å²) in [4.78, 5) is 0. The Morgan fingerprint density at radius 2 is 2.58 bits per heavy atom. The van der Waals surface area contributed by atoms with Gasteiger partial charge in [0.2, 0.25) is 0 Å². The van der Waals surface area contributed by atoms with Gasteiger partial charge in [-0.3, -0.25) is 0 Å². The van der Waals surface area contributed by atoms with Gasteiger partial charge in [-0.05, 0) is 36.9 Å². The molecule has 12 heavy (non-hydrogen) atoms. The zero-order chi connectivity index (χ0) is 8.39. The minimum absolute atomic E-state index is 0.392. The van der Waals surface area contributed by atoms with E-state index in [2.05, 4.69) is 23.7 Å². The first kappa shape index (κ1) is 8.08. The van der Waals surface area contributed by atoms with Crippen molar-refractivity contribution in [2.24, 2.45) is 0 Å². The van der Waals surface area contributed by atoms with Gasteiger partial charge in [0.1, 0.15) is 6.10 Å². The maximum atomic E-state index is 5.75. The van der Waals surface area contributed by atoms with Gasteiger partial charge in [0.15, 0.2) is 5.06 Å². The summed E-state index contributed by atoms with van der Waals surface area (Å²) in [5.41, 5.74) is 1.29. The van der Waals surface area contributed by atoms with E-state index in [0.29, 0.717) is 6.10 Å². The molecule has 0 aromatic carbocycles. The summed E-state index contributed by atoms with van der Waals surface area (Å²) in [5, 5.41) is 6.46. The first-order valence-electron chi connectivity index (χ1n) is 4.27. The van der Waals surface area contributed by atoms with Crippen LogP contribution in [0.5, 0.6) is 5.06 Å². The lowest BCUT2D eigenvalue weighted by Crippen LogP contribution is -2.18. The van der Waals surface area contributed by atoms with E-state index in [1.165, 1.54) is 5.56 Å². The lowest BCUT2D eigenvalue weighted by molar-refractivity contribution is 0.230. The van der Waals surface area contributed by atoms with Crippen molar-refractivity contribution in [1.82, 2.24) is 5.32 Å². The average Bonchev–Trinajstić information content (AvgIpc) is 2.63. The zero-order valence-corrected chi connectivity index (χ0v) is 7.99. The molecule has 1 atom stereocenters. The molecule has 1 fully saturated rings. The summed E-state index contributed by atoms with van der Waals surface area (Å²) in [7, 11) is 0. The highest BCUT2D eigenvalue weighted by atomic mass is 32.1. The molecule has 1 aliphatic rings. The Kier molecular flexibility index (Phi) is 2.33. The topological polar surface area (TPSA) is 21.3 Å². The number of nitrogens with one attached hydrogen (secondary N) is 1. The second kappa shape index (κ2) is 3.46. The van der Waals surface area contributed by atoms with Crippen LogP contribution < -0.4 is 10.1 Å². The highest BCUT2D eigenvalue weighted by molar-refractivity contribution is 7.12. The van der Waals surface area contributed by atoms with Gasteiger partial charge < -0.3 is 10.1 Å². The third-order valence-electron chi connectivity index (χ3n) is 2.00. The Balaban J connectivity index is 1.94. The Morgan fingerprint density at radius 3 is 3.17 bits per heavy atom. The Morgan fingerprint density at radius 1 is 1.67 bits per heavy atom. The first-order chi connectivity index (χ1) is 5.84. The monoisotopic (exact) mass is 183 g/mol. The van der Waals surface area contributed by atoms with Crippen molar-refractivity contribution in [3.63, 3.8) is 0 Å². The highest BCUT2D eigenvalue weighted by Crippen LogP contribution is 2.24. The molecule has 3 heteroatoms. The zero-order valence-electron chi connectivity index (χ0n) is 7.17. The molecule has 1 saturated heterocycles. The summed E-state index contributed by atoms with van der Waals surface area (Å²) >= 11 is 1.69. The molecular weight excluding hydrogens is 170 g/mol. The summed E-state index contributed by atoms with van der Waals surface area (Å²) in [6.07, 6.45) is 1.53. The molecule has 0 aliphatic carbocycles. The Bertz CT molecular complexity index is 253. The van der Waals surface area contributed by atoms with Crippen LogP contribution >= 0.6 is 11.3 Å². The average molecular weight is 183 g/mol. The second-order valence-corrected chi connectivity index (χ2v) is 4.05. The van der Waals surface area contributed by atoms with Crippen molar-refractivity contribution in [2.75, 3.05) is 13.1 Å². The smallest absolute Gasteiger partial charge is 0.174 e. The van der Waals surface area contributed by atoms with Crippen LogP contribution in [-0.4, -0.2) is 19.2 Å². The summed E-state index contributed by atoms with van der Waals surface area (Å²) in [6.45, 7) is 4.18. The van der Waals surface area contributed by atoms with Crippen LogP contribution in [0.2, 0.25) is 0 Å². The molecule has 0 amide bonds. The van der Waals surface area contributed by atoms with E-state index in [9.17, 15) is 0 Å². The molecule has 2 rings (SSSR count). The Hall–Kier alpha value is -0.540. The maximum Gasteiger partial charge on any atom is 0.174 e. The fraction of sp³-hybridized carbons (Fsp3) is 0.556. The molecule has 1 aromatic rings. The number of aryl methyl sites for hydroxylation is 1. The van der Waals surface area contributed by atoms with Crippen molar-refractivity contribution in [3.8, 4) is 5.06 Å². The van der Waals surface area contributed by atoms with Gasteiger partial charge in [0.05, 0.1) is 0 Å². The number of hydrogen-bond donors (Lipinski definition) is 1. The Labute approximate surface area is 76.6 Å². The van der Waals surface area contributed by atoms with E-state index < -0.39 is 0 Å². The van der Waals surface area contributed by atoms with E-state index in [1.807, 2.05) is 0 Å². The minimum Gasteiger partial charge on any atom is -0.479 e.